The van der Waals surface area contributed by atoms with Crippen molar-refractivity contribution < 1.29 is 19.7 Å². The molecule has 0 fully saturated rings. The van der Waals surface area contributed by atoms with Gasteiger partial charge in [0, 0.05) is 11.6 Å². The normalized spacial score (nSPS) is 12.3. The van der Waals surface area contributed by atoms with E-state index in [1.54, 1.807) is 12.1 Å². The van der Waals surface area contributed by atoms with E-state index in [0.29, 0.717) is 11.3 Å². The van der Waals surface area contributed by atoms with Gasteiger partial charge in [-0.15, -0.1) is 0 Å². The number of rotatable bonds is 4. The number of nitrogens with two attached hydrogens (primary N) is 1. The third-order valence-corrected chi connectivity index (χ3v) is 2.13. The highest BCUT2D eigenvalue weighted by molar-refractivity contribution is 5.52. The van der Waals surface area contributed by atoms with Gasteiger partial charge < -0.3 is 25.4 Å². The van der Waals surface area contributed by atoms with Gasteiger partial charge in [-0.05, 0) is 6.07 Å². The Balaban J connectivity index is 3.23. The van der Waals surface area contributed by atoms with E-state index < -0.39 is 6.04 Å². The molecule has 0 unspecified atom stereocenters. The number of benzene rings is 1. The molecule has 15 heavy (non-hydrogen) atoms. The van der Waals surface area contributed by atoms with Crippen LogP contribution in [-0.2, 0) is 0 Å². The minimum absolute atomic E-state index is 0.0696. The molecule has 1 atom stereocenters. The molecule has 4 N–H and O–H groups in total. The van der Waals surface area contributed by atoms with E-state index in [0.717, 1.165) is 0 Å². The number of phenols is 1. The second-order valence-electron chi connectivity index (χ2n) is 3.06. The van der Waals surface area contributed by atoms with E-state index in [-0.39, 0.29) is 18.1 Å². The first-order valence-corrected chi connectivity index (χ1v) is 4.45. The summed E-state index contributed by atoms with van der Waals surface area (Å²) in [6.07, 6.45) is 0. The molecule has 0 heterocycles. The van der Waals surface area contributed by atoms with Gasteiger partial charge in [0.25, 0.3) is 0 Å². The Morgan fingerprint density at radius 1 is 1.33 bits per heavy atom. The third kappa shape index (κ3) is 2.31. The summed E-state index contributed by atoms with van der Waals surface area (Å²) in [5.74, 6) is 0.719. The van der Waals surface area contributed by atoms with Gasteiger partial charge in [-0.2, -0.15) is 0 Å². The van der Waals surface area contributed by atoms with Crippen LogP contribution < -0.4 is 15.2 Å². The number of aromatic hydroxyl groups is 1. The number of phenolic OH excluding ortho intramolecular Hbond substituents is 1. The molecule has 0 aliphatic carbocycles. The van der Waals surface area contributed by atoms with Crippen LogP contribution in [0.2, 0.25) is 0 Å². The summed E-state index contributed by atoms with van der Waals surface area (Å²) < 4.78 is 9.97. The second-order valence-corrected chi connectivity index (χ2v) is 3.06. The van der Waals surface area contributed by atoms with Crippen LogP contribution in [0.25, 0.3) is 0 Å². The van der Waals surface area contributed by atoms with Gasteiger partial charge in [0.15, 0.2) is 11.5 Å². The van der Waals surface area contributed by atoms with Crippen molar-refractivity contribution in [3.05, 3.63) is 17.7 Å². The minimum atomic E-state index is -0.658. The largest absolute Gasteiger partial charge is 0.504 e. The Morgan fingerprint density at radius 3 is 2.47 bits per heavy atom. The summed E-state index contributed by atoms with van der Waals surface area (Å²) in [7, 11) is 2.93. The summed E-state index contributed by atoms with van der Waals surface area (Å²) in [4.78, 5) is 0. The second kappa shape index (κ2) is 4.86. The van der Waals surface area contributed by atoms with Crippen LogP contribution in [-0.4, -0.2) is 31.0 Å². The molecule has 84 valence electrons. The lowest BCUT2D eigenvalue weighted by Gasteiger charge is -2.15. The molecule has 0 aromatic heterocycles. The fourth-order valence-corrected chi connectivity index (χ4v) is 1.26. The summed E-state index contributed by atoms with van der Waals surface area (Å²) in [6, 6.07) is 2.45. The molecule has 0 bridgehead atoms. The lowest BCUT2D eigenvalue weighted by Crippen LogP contribution is -2.15. The van der Waals surface area contributed by atoms with Crippen molar-refractivity contribution in [2.75, 3.05) is 20.8 Å². The van der Waals surface area contributed by atoms with Crippen LogP contribution in [0.5, 0.6) is 17.2 Å². The fourth-order valence-electron chi connectivity index (χ4n) is 1.26. The average molecular weight is 213 g/mol. The van der Waals surface area contributed by atoms with E-state index in [4.69, 9.17) is 20.3 Å². The van der Waals surface area contributed by atoms with E-state index >= 15 is 0 Å². The number of aliphatic hydroxyl groups is 1. The highest BCUT2D eigenvalue weighted by Crippen LogP contribution is 2.36. The predicted molar refractivity (Wildman–Crippen MR) is 55.2 cm³/mol. The molecular weight excluding hydrogens is 198 g/mol. The Bertz CT molecular complexity index is 340. The summed E-state index contributed by atoms with van der Waals surface area (Å²) in [5.41, 5.74) is 6.02. The number of aliphatic hydroxyl groups excluding tert-OH is 1. The van der Waals surface area contributed by atoms with Crippen molar-refractivity contribution in [1.29, 1.82) is 0 Å². The number of hydrogen-bond acceptors (Lipinski definition) is 5. The Hall–Kier alpha value is -1.46. The van der Waals surface area contributed by atoms with Crippen molar-refractivity contribution in [2.24, 2.45) is 5.73 Å². The number of methoxy groups -OCH3 is 2. The first-order chi connectivity index (χ1) is 7.13. The van der Waals surface area contributed by atoms with Gasteiger partial charge in [0.05, 0.1) is 26.9 Å². The topological polar surface area (TPSA) is 84.9 Å². The number of ether oxygens (including phenoxy) is 2. The summed E-state index contributed by atoms with van der Waals surface area (Å²) >= 11 is 0. The van der Waals surface area contributed by atoms with Gasteiger partial charge in [-0.3, -0.25) is 0 Å². The van der Waals surface area contributed by atoms with E-state index in [1.807, 2.05) is 0 Å². The van der Waals surface area contributed by atoms with Gasteiger partial charge in [-0.25, -0.2) is 0 Å². The minimum Gasteiger partial charge on any atom is -0.504 e. The predicted octanol–water partition coefficient (Wildman–Crippen LogP) is 0.401. The SMILES string of the molecule is COc1cc(OC)c(O)c([C@H](N)CO)c1. The van der Waals surface area contributed by atoms with Crippen molar-refractivity contribution in [2.45, 2.75) is 6.04 Å². The van der Waals surface area contributed by atoms with Gasteiger partial charge in [0.2, 0.25) is 0 Å². The van der Waals surface area contributed by atoms with Gasteiger partial charge in [0.1, 0.15) is 5.75 Å². The molecule has 0 spiro atoms. The zero-order chi connectivity index (χ0) is 11.4. The van der Waals surface area contributed by atoms with Crippen LogP contribution in [0, 0.1) is 0 Å². The average Bonchev–Trinajstić information content (AvgIpc) is 2.28. The lowest BCUT2D eigenvalue weighted by molar-refractivity contribution is 0.263. The Morgan fingerprint density at radius 2 is 2.00 bits per heavy atom. The van der Waals surface area contributed by atoms with E-state index in [9.17, 15) is 5.11 Å². The Labute approximate surface area is 88.0 Å². The van der Waals surface area contributed by atoms with Crippen molar-refractivity contribution in [3.63, 3.8) is 0 Å². The van der Waals surface area contributed by atoms with Crippen LogP contribution >= 0.6 is 0 Å². The first kappa shape index (κ1) is 11.6. The molecule has 1 aromatic carbocycles. The van der Waals surface area contributed by atoms with Crippen LogP contribution in [0.3, 0.4) is 0 Å². The smallest absolute Gasteiger partial charge is 0.164 e. The summed E-state index contributed by atoms with van der Waals surface area (Å²) in [6.45, 7) is -0.260. The summed E-state index contributed by atoms with van der Waals surface area (Å²) in [5, 5.41) is 18.7. The highest BCUT2D eigenvalue weighted by Gasteiger charge is 2.16. The van der Waals surface area contributed by atoms with Crippen molar-refractivity contribution in [3.8, 4) is 17.2 Å². The lowest BCUT2D eigenvalue weighted by atomic mass is 10.1. The van der Waals surface area contributed by atoms with Crippen LogP contribution in [0.4, 0.5) is 0 Å². The Kier molecular flexibility index (Phi) is 3.76. The molecule has 0 radical (unpaired) electrons. The van der Waals surface area contributed by atoms with Crippen molar-refractivity contribution >= 4 is 0 Å². The van der Waals surface area contributed by atoms with E-state index in [1.165, 1.54) is 14.2 Å². The molecule has 0 aliphatic heterocycles. The van der Waals surface area contributed by atoms with Gasteiger partial charge in [-0.1, -0.05) is 0 Å². The standard InChI is InChI=1S/C10H15NO4/c1-14-6-3-7(8(11)5-12)10(13)9(4-6)15-2/h3-4,8,12-13H,5,11H2,1-2H3/t8-/m1/s1. The fraction of sp³-hybridized carbons (Fsp3) is 0.400. The molecule has 0 saturated carbocycles. The van der Waals surface area contributed by atoms with Gasteiger partial charge >= 0.3 is 0 Å². The maximum atomic E-state index is 9.74. The molecule has 0 aliphatic rings. The maximum absolute atomic E-state index is 9.74. The zero-order valence-electron chi connectivity index (χ0n) is 8.73. The number of hydrogen-bond donors (Lipinski definition) is 3. The molecule has 5 nitrogen and oxygen atoms in total. The molecule has 1 aromatic rings. The van der Waals surface area contributed by atoms with E-state index in [2.05, 4.69) is 0 Å². The quantitative estimate of drug-likeness (QED) is 0.674. The molecule has 1 rings (SSSR count). The zero-order valence-corrected chi connectivity index (χ0v) is 8.73. The van der Waals surface area contributed by atoms with Crippen LogP contribution in [0.15, 0.2) is 12.1 Å². The molecule has 0 amide bonds. The maximum Gasteiger partial charge on any atom is 0.164 e. The first-order valence-electron chi connectivity index (χ1n) is 4.45. The van der Waals surface area contributed by atoms with Crippen LogP contribution in [0.1, 0.15) is 11.6 Å². The molecular formula is C10H15NO4. The van der Waals surface area contributed by atoms with Crippen molar-refractivity contribution in [1.82, 2.24) is 0 Å². The molecule has 5 heteroatoms. The highest BCUT2D eigenvalue weighted by atomic mass is 16.5. The third-order valence-electron chi connectivity index (χ3n) is 2.13. The molecule has 0 saturated heterocycles. The monoisotopic (exact) mass is 213 g/mol.